The van der Waals surface area contributed by atoms with E-state index in [1.807, 2.05) is 11.8 Å². The third-order valence-corrected chi connectivity index (χ3v) is 4.76. The average molecular weight is 229 g/mol. The van der Waals surface area contributed by atoms with Gasteiger partial charge in [-0.1, -0.05) is 13.3 Å². The first-order valence-corrected chi connectivity index (χ1v) is 6.82. The summed E-state index contributed by atoms with van der Waals surface area (Å²) in [5.41, 5.74) is -0.588. The van der Waals surface area contributed by atoms with Gasteiger partial charge in [-0.3, -0.25) is 4.79 Å². The van der Waals surface area contributed by atoms with E-state index in [2.05, 4.69) is 0 Å². The molecule has 1 N–H and O–H groups in total. The normalized spacial score (nSPS) is 29.7. The van der Waals surface area contributed by atoms with Crippen molar-refractivity contribution in [2.75, 3.05) is 18.8 Å². The monoisotopic (exact) mass is 229 g/mol. The zero-order valence-electron chi connectivity index (χ0n) is 9.24. The standard InChI is InChI=1S/C11H19NO2S/c1-2-11(14)7-12(8-11)10(13)9-5-3-4-6-15-9/h9,14H,2-8H2,1H3. The van der Waals surface area contributed by atoms with Gasteiger partial charge in [0.15, 0.2) is 0 Å². The average Bonchev–Trinajstić information content (AvgIpc) is 2.25. The number of β-amino-alcohol motifs (C(OH)–C–C–N with tert-alkyl or cyclic N) is 1. The molecule has 2 aliphatic heterocycles. The highest BCUT2D eigenvalue weighted by atomic mass is 32.2. The first-order chi connectivity index (χ1) is 7.14. The van der Waals surface area contributed by atoms with Crippen LogP contribution in [-0.2, 0) is 4.79 Å². The lowest BCUT2D eigenvalue weighted by Gasteiger charge is -2.47. The fourth-order valence-electron chi connectivity index (χ4n) is 2.18. The van der Waals surface area contributed by atoms with Crippen molar-refractivity contribution in [3.8, 4) is 0 Å². The predicted octanol–water partition coefficient (Wildman–Crippen LogP) is 1.26. The number of carbonyl (C=O) groups is 1. The van der Waals surface area contributed by atoms with Crippen molar-refractivity contribution in [2.24, 2.45) is 0 Å². The summed E-state index contributed by atoms with van der Waals surface area (Å²) in [5.74, 6) is 1.36. The largest absolute Gasteiger partial charge is 0.386 e. The van der Waals surface area contributed by atoms with Crippen LogP contribution >= 0.6 is 11.8 Å². The van der Waals surface area contributed by atoms with Crippen LogP contribution in [0, 0.1) is 0 Å². The highest BCUT2D eigenvalue weighted by molar-refractivity contribution is 8.00. The van der Waals surface area contributed by atoms with Crippen molar-refractivity contribution >= 4 is 17.7 Å². The van der Waals surface area contributed by atoms with Crippen molar-refractivity contribution < 1.29 is 9.90 Å². The summed E-state index contributed by atoms with van der Waals surface area (Å²) >= 11 is 1.78. The summed E-state index contributed by atoms with van der Waals surface area (Å²) in [6.07, 6.45) is 4.18. The van der Waals surface area contributed by atoms with Crippen molar-refractivity contribution in [1.29, 1.82) is 0 Å². The number of thioether (sulfide) groups is 1. The Morgan fingerprint density at radius 1 is 1.53 bits per heavy atom. The SMILES string of the molecule is CCC1(O)CN(C(=O)C2CCCCS2)C1. The van der Waals surface area contributed by atoms with Crippen LogP contribution in [0.1, 0.15) is 32.6 Å². The second-order valence-corrected chi connectivity index (χ2v) is 5.94. The molecule has 0 saturated carbocycles. The van der Waals surface area contributed by atoms with Crippen molar-refractivity contribution in [2.45, 2.75) is 43.5 Å². The number of rotatable bonds is 2. The van der Waals surface area contributed by atoms with E-state index in [1.165, 1.54) is 12.8 Å². The van der Waals surface area contributed by atoms with E-state index in [4.69, 9.17) is 0 Å². The second-order valence-electron chi connectivity index (χ2n) is 4.63. The molecule has 86 valence electrons. The third-order valence-electron chi connectivity index (χ3n) is 3.40. The van der Waals surface area contributed by atoms with Gasteiger partial charge in [0.05, 0.1) is 23.9 Å². The number of hydrogen-bond donors (Lipinski definition) is 1. The minimum atomic E-state index is -0.588. The summed E-state index contributed by atoms with van der Waals surface area (Å²) < 4.78 is 0. The lowest BCUT2D eigenvalue weighted by Crippen LogP contribution is -2.64. The molecule has 0 aliphatic carbocycles. The molecule has 1 amide bonds. The molecule has 3 nitrogen and oxygen atoms in total. The molecule has 2 aliphatic rings. The van der Waals surface area contributed by atoms with Crippen LogP contribution < -0.4 is 0 Å². The Morgan fingerprint density at radius 2 is 2.27 bits per heavy atom. The number of hydrogen-bond acceptors (Lipinski definition) is 3. The van der Waals surface area contributed by atoms with E-state index in [1.54, 1.807) is 11.8 Å². The summed E-state index contributed by atoms with van der Waals surface area (Å²) in [4.78, 5) is 13.8. The van der Waals surface area contributed by atoms with Crippen LogP contribution in [0.4, 0.5) is 0 Å². The molecule has 0 spiro atoms. The zero-order valence-corrected chi connectivity index (χ0v) is 10.1. The first kappa shape index (κ1) is 11.3. The highest BCUT2D eigenvalue weighted by Gasteiger charge is 2.43. The molecule has 0 aromatic rings. The van der Waals surface area contributed by atoms with Crippen molar-refractivity contribution in [3.05, 3.63) is 0 Å². The fraction of sp³-hybridized carbons (Fsp3) is 0.909. The van der Waals surface area contributed by atoms with Crippen LogP contribution in [0.2, 0.25) is 0 Å². The minimum absolute atomic E-state index is 0.167. The molecule has 1 unspecified atom stereocenters. The van der Waals surface area contributed by atoms with Crippen LogP contribution in [0.25, 0.3) is 0 Å². The highest BCUT2D eigenvalue weighted by Crippen LogP contribution is 2.31. The topological polar surface area (TPSA) is 40.5 Å². The van der Waals surface area contributed by atoms with E-state index in [9.17, 15) is 9.90 Å². The zero-order chi connectivity index (χ0) is 10.9. The predicted molar refractivity (Wildman–Crippen MR) is 61.9 cm³/mol. The number of likely N-dealkylation sites (tertiary alicyclic amines) is 1. The van der Waals surface area contributed by atoms with Gasteiger partial charge in [0.2, 0.25) is 5.91 Å². The second kappa shape index (κ2) is 4.34. The smallest absolute Gasteiger partial charge is 0.235 e. The summed E-state index contributed by atoms with van der Waals surface area (Å²) in [7, 11) is 0. The lowest BCUT2D eigenvalue weighted by atomic mass is 9.91. The molecule has 0 aromatic heterocycles. The van der Waals surface area contributed by atoms with Gasteiger partial charge in [-0.05, 0) is 25.0 Å². The summed E-state index contributed by atoms with van der Waals surface area (Å²) in [6.45, 7) is 3.05. The Morgan fingerprint density at radius 3 is 2.80 bits per heavy atom. The third kappa shape index (κ3) is 2.31. The van der Waals surface area contributed by atoms with Crippen molar-refractivity contribution in [1.82, 2.24) is 4.90 Å². The van der Waals surface area contributed by atoms with Crippen LogP contribution in [0.5, 0.6) is 0 Å². The molecule has 4 heteroatoms. The Kier molecular flexibility index (Phi) is 3.26. The number of carbonyl (C=O) groups excluding carboxylic acids is 1. The maximum absolute atomic E-state index is 12.0. The summed E-state index contributed by atoms with van der Waals surface area (Å²) in [5, 5.41) is 10.0. The van der Waals surface area contributed by atoms with Gasteiger partial charge in [0, 0.05) is 0 Å². The van der Waals surface area contributed by atoms with Gasteiger partial charge in [0.1, 0.15) is 0 Å². The quantitative estimate of drug-likeness (QED) is 0.775. The van der Waals surface area contributed by atoms with E-state index in [0.717, 1.165) is 18.6 Å². The minimum Gasteiger partial charge on any atom is -0.386 e. The van der Waals surface area contributed by atoms with Crippen LogP contribution in [-0.4, -0.2) is 45.6 Å². The first-order valence-electron chi connectivity index (χ1n) is 5.77. The Hall–Kier alpha value is -0.220. The number of amides is 1. The van der Waals surface area contributed by atoms with Gasteiger partial charge < -0.3 is 10.0 Å². The van der Waals surface area contributed by atoms with E-state index in [0.29, 0.717) is 13.1 Å². The van der Waals surface area contributed by atoms with E-state index < -0.39 is 5.60 Å². The van der Waals surface area contributed by atoms with Crippen LogP contribution in [0.15, 0.2) is 0 Å². The van der Waals surface area contributed by atoms with E-state index >= 15 is 0 Å². The molecular weight excluding hydrogens is 210 g/mol. The van der Waals surface area contributed by atoms with Gasteiger partial charge in [-0.15, -0.1) is 11.8 Å². The fourth-order valence-corrected chi connectivity index (χ4v) is 3.46. The molecular formula is C11H19NO2S. The number of nitrogens with zero attached hydrogens (tertiary/aromatic N) is 1. The molecule has 2 saturated heterocycles. The molecule has 1 atom stereocenters. The Bertz CT molecular complexity index is 245. The Labute approximate surface area is 95.2 Å². The van der Waals surface area contributed by atoms with Crippen LogP contribution in [0.3, 0.4) is 0 Å². The van der Waals surface area contributed by atoms with E-state index in [-0.39, 0.29) is 11.2 Å². The lowest BCUT2D eigenvalue weighted by molar-refractivity contribution is -0.155. The molecule has 2 rings (SSSR count). The molecule has 0 radical (unpaired) electrons. The molecule has 0 bridgehead atoms. The van der Waals surface area contributed by atoms with Crippen molar-refractivity contribution in [3.63, 3.8) is 0 Å². The van der Waals surface area contributed by atoms with Gasteiger partial charge >= 0.3 is 0 Å². The summed E-state index contributed by atoms with van der Waals surface area (Å²) in [6, 6.07) is 0. The maximum atomic E-state index is 12.0. The molecule has 2 fully saturated rings. The Balaban J connectivity index is 1.83. The number of aliphatic hydroxyl groups is 1. The molecule has 0 aromatic carbocycles. The van der Waals surface area contributed by atoms with Gasteiger partial charge in [-0.25, -0.2) is 0 Å². The van der Waals surface area contributed by atoms with Gasteiger partial charge in [0.25, 0.3) is 0 Å². The molecule has 2 heterocycles. The van der Waals surface area contributed by atoms with Gasteiger partial charge in [-0.2, -0.15) is 0 Å². The molecule has 15 heavy (non-hydrogen) atoms. The maximum Gasteiger partial charge on any atom is 0.235 e.